The zero-order chi connectivity index (χ0) is 14.0. The van der Waals surface area contributed by atoms with Crippen LogP contribution in [0.2, 0.25) is 0 Å². The van der Waals surface area contributed by atoms with Crippen LogP contribution in [0.3, 0.4) is 0 Å². The quantitative estimate of drug-likeness (QED) is 0.871. The van der Waals surface area contributed by atoms with E-state index in [-0.39, 0.29) is 0 Å². The van der Waals surface area contributed by atoms with Crippen LogP contribution in [0, 0.1) is 6.92 Å². The van der Waals surface area contributed by atoms with Gasteiger partial charge >= 0.3 is 0 Å². The third-order valence-corrected chi connectivity index (χ3v) is 2.83. The Kier molecular flexibility index (Phi) is 9.60. The van der Waals surface area contributed by atoms with E-state index in [1.807, 2.05) is 40.8 Å². The molecule has 1 aliphatic heterocycles. The van der Waals surface area contributed by atoms with Crippen molar-refractivity contribution in [3.05, 3.63) is 17.7 Å². The molecule has 2 N–H and O–H groups in total. The summed E-state index contributed by atoms with van der Waals surface area (Å²) in [4.78, 5) is 9.84. The molecule has 0 amide bonds. The van der Waals surface area contributed by atoms with Gasteiger partial charge in [0.15, 0.2) is 0 Å². The molecule has 0 radical (unpaired) electrons. The van der Waals surface area contributed by atoms with Crippen LogP contribution >= 0.6 is 0 Å². The monoisotopic (exact) mass is 254 g/mol. The Morgan fingerprint density at radius 3 is 2.44 bits per heavy atom. The highest BCUT2D eigenvalue weighted by molar-refractivity contribution is 5.00. The molecule has 4 nitrogen and oxygen atoms in total. The summed E-state index contributed by atoms with van der Waals surface area (Å²) in [7, 11) is 2.17. The molecule has 1 aromatic rings. The van der Waals surface area contributed by atoms with E-state index in [2.05, 4.69) is 27.2 Å². The van der Waals surface area contributed by atoms with Crippen LogP contribution in [0.25, 0.3) is 0 Å². The van der Waals surface area contributed by atoms with E-state index >= 15 is 0 Å². The summed E-state index contributed by atoms with van der Waals surface area (Å²) in [6, 6.07) is 0.679. The molecular weight excluding hydrogens is 224 g/mol. The SMILES string of the molecule is CC.CC.Cc1ncc(CN(C)C2CCNC2)[nH]1. The predicted octanol–water partition coefficient (Wildman–Crippen LogP) is 2.56. The molecule has 0 aliphatic carbocycles. The topological polar surface area (TPSA) is 44.0 Å². The fourth-order valence-electron chi connectivity index (χ4n) is 1.97. The Hall–Kier alpha value is -0.870. The van der Waals surface area contributed by atoms with Gasteiger partial charge in [-0.2, -0.15) is 0 Å². The van der Waals surface area contributed by atoms with E-state index in [1.165, 1.54) is 12.1 Å². The van der Waals surface area contributed by atoms with Crippen molar-refractivity contribution in [1.82, 2.24) is 20.2 Å². The number of aromatic nitrogens is 2. The third kappa shape index (κ3) is 5.65. The highest BCUT2D eigenvalue weighted by Gasteiger charge is 2.19. The smallest absolute Gasteiger partial charge is 0.103 e. The van der Waals surface area contributed by atoms with Gasteiger partial charge in [-0.15, -0.1) is 0 Å². The zero-order valence-electron chi connectivity index (χ0n) is 12.9. The fraction of sp³-hybridized carbons (Fsp3) is 0.786. The lowest BCUT2D eigenvalue weighted by molar-refractivity contribution is 0.246. The van der Waals surface area contributed by atoms with Crippen molar-refractivity contribution >= 4 is 0 Å². The van der Waals surface area contributed by atoms with Crippen LogP contribution in [0.1, 0.15) is 45.6 Å². The summed E-state index contributed by atoms with van der Waals surface area (Å²) < 4.78 is 0. The van der Waals surface area contributed by atoms with E-state index in [0.717, 1.165) is 25.5 Å². The van der Waals surface area contributed by atoms with Crippen molar-refractivity contribution < 1.29 is 0 Å². The zero-order valence-corrected chi connectivity index (χ0v) is 12.9. The molecule has 1 aromatic heterocycles. The largest absolute Gasteiger partial charge is 0.345 e. The number of aryl methyl sites for hydroxylation is 1. The minimum Gasteiger partial charge on any atom is -0.345 e. The molecule has 0 saturated carbocycles. The van der Waals surface area contributed by atoms with Gasteiger partial charge in [-0.3, -0.25) is 4.90 Å². The molecule has 106 valence electrons. The lowest BCUT2D eigenvalue weighted by Crippen LogP contribution is -2.32. The second-order valence-corrected chi connectivity index (χ2v) is 4.06. The van der Waals surface area contributed by atoms with Crippen LogP contribution in [-0.4, -0.2) is 41.0 Å². The minimum atomic E-state index is 0.679. The number of nitrogens with zero attached hydrogens (tertiary/aromatic N) is 2. The summed E-state index contributed by atoms with van der Waals surface area (Å²) in [5.74, 6) is 0.998. The van der Waals surface area contributed by atoms with Gasteiger partial charge in [-0.05, 0) is 26.9 Å². The molecule has 1 fully saturated rings. The average Bonchev–Trinajstić information content (AvgIpc) is 3.06. The van der Waals surface area contributed by atoms with Crippen molar-refractivity contribution in [2.24, 2.45) is 0 Å². The normalized spacial score (nSPS) is 17.8. The first-order chi connectivity index (χ1) is 8.75. The number of H-pyrrole nitrogens is 1. The maximum Gasteiger partial charge on any atom is 0.103 e. The molecule has 0 aromatic carbocycles. The number of aromatic amines is 1. The lowest BCUT2D eigenvalue weighted by Gasteiger charge is -2.22. The maximum absolute atomic E-state index is 4.20. The molecule has 1 atom stereocenters. The third-order valence-electron chi connectivity index (χ3n) is 2.83. The first-order valence-electron chi connectivity index (χ1n) is 7.17. The number of hydrogen-bond acceptors (Lipinski definition) is 3. The summed E-state index contributed by atoms with van der Waals surface area (Å²) in [6.45, 7) is 13.2. The molecule has 0 bridgehead atoms. The molecule has 1 unspecified atom stereocenters. The molecule has 2 rings (SSSR count). The van der Waals surface area contributed by atoms with Crippen LogP contribution in [0.5, 0.6) is 0 Å². The van der Waals surface area contributed by atoms with Crippen molar-refractivity contribution in [3.63, 3.8) is 0 Å². The highest BCUT2D eigenvalue weighted by atomic mass is 15.2. The van der Waals surface area contributed by atoms with E-state index in [4.69, 9.17) is 0 Å². The van der Waals surface area contributed by atoms with Gasteiger partial charge in [0, 0.05) is 31.0 Å². The van der Waals surface area contributed by atoms with E-state index < -0.39 is 0 Å². The first kappa shape index (κ1) is 17.1. The Morgan fingerprint density at radius 1 is 1.33 bits per heavy atom. The van der Waals surface area contributed by atoms with Crippen LogP contribution in [0.4, 0.5) is 0 Å². The van der Waals surface area contributed by atoms with Crippen LogP contribution in [0.15, 0.2) is 6.20 Å². The Morgan fingerprint density at radius 2 is 2.00 bits per heavy atom. The number of likely N-dealkylation sites (N-methyl/N-ethyl adjacent to an activating group) is 1. The standard InChI is InChI=1S/C10H18N4.2C2H6/c1-8-12-5-9(13-8)7-14(2)10-3-4-11-6-10;2*1-2/h5,10-11H,3-4,6-7H2,1-2H3,(H,12,13);2*1-2H3. The number of nitrogens with one attached hydrogen (secondary N) is 2. The second-order valence-electron chi connectivity index (χ2n) is 4.06. The van der Waals surface area contributed by atoms with Crippen molar-refractivity contribution in [2.75, 3.05) is 20.1 Å². The maximum atomic E-state index is 4.20. The van der Waals surface area contributed by atoms with Gasteiger partial charge in [0.25, 0.3) is 0 Å². The van der Waals surface area contributed by atoms with Crippen molar-refractivity contribution in [1.29, 1.82) is 0 Å². The van der Waals surface area contributed by atoms with Crippen molar-refractivity contribution in [2.45, 2.75) is 53.6 Å². The van der Waals surface area contributed by atoms with Gasteiger partial charge in [0.1, 0.15) is 5.82 Å². The van der Waals surface area contributed by atoms with E-state index in [9.17, 15) is 0 Å². The first-order valence-corrected chi connectivity index (χ1v) is 7.17. The minimum absolute atomic E-state index is 0.679. The molecular formula is C14H30N4. The molecule has 0 spiro atoms. The van der Waals surface area contributed by atoms with Crippen LogP contribution < -0.4 is 5.32 Å². The lowest BCUT2D eigenvalue weighted by atomic mass is 10.2. The predicted molar refractivity (Wildman–Crippen MR) is 78.8 cm³/mol. The number of hydrogen-bond donors (Lipinski definition) is 2. The molecule has 1 saturated heterocycles. The van der Waals surface area contributed by atoms with E-state index in [0.29, 0.717) is 6.04 Å². The Bertz CT molecular complexity index is 290. The summed E-state index contributed by atoms with van der Waals surface area (Å²) >= 11 is 0. The van der Waals surface area contributed by atoms with Crippen LogP contribution in [-0.2, 0) is 6.54 Å². The fourth-order valence-corrected chi connectivity index (χ4v) is 1.97. The average molecular weight is 254 g/mol. The Labute approximate surface area is 112 Å². The summed E-state index contributed by atoms with van der Waals surface area (Å²) in [5, 5.41) is 3.38. The van der Waals surface area contributed by atoms with Gasteiger partial charge < -0.3 is 10.3 Å². The number of imidazole rings is 1. The Balaban J connectivity index is 0.000000659. The molecule has 4 heteroatoms. The number of rotatable bonds is 3. The van der Waals surface area contributed by atoms with Gasteiger partial charge in [-0.1, -0.05) is 27.7 Å². The summed E-state index contributed by atoms with van der Waals surface area (Å²) in [5.41, 5.74) is 1.21. The van der Waals surface area contributed by atoms with Gasteiger partial charge in [-0.25, -0.2) is 4.98 Å². The molecule has 2 heterocycles. The highest BCUT2D eigenvalue weighted by Crippen LogP contribution is 2.09. The van der Waals surface area contributed by atoms with E-state index in [1.54, 1.807) is 0 Å². The molecule has 1 aliphatic rings. The second kappa shape index (κ2) is 10.1. The summed E-state index contributed by atoms with van der Waals surface area (Å²) in [6.07, 6.45) is 3.18. The van der Waals surface area contributed by atoms with Gasteiger partial charge in [0.05, 0.1) is 0 Å². The van der Waals surface area contributed by atoms with Gasteiger partial charge in [0.2, 0.25) is 0 Å². The van der Waals surface area contributed by atoms with Crippen molar-refractivity contribution in [3.8, 4) is 0 Å². The molecule has 18 heavy (non-hydrogen) atoms.